The minimum absolute atomic E-state index is 0.260. The Labute approximate surface area is 88.2 Å². The van der Waals surface area contributed by atoms with Gasteiger partial charge in [-0.3, -0.25) is 4.79 Å². The Morgan fingerprint density at radius 2 is 2.00 bits per heavy atom. The number of rotatable bonds is 4. The van der Waals surface area contributed by atoms with E-state index in [1.54, 1.807) is 38.1 Å². The van der Waals surface area contributed by atoms with Gasteiger partial charge in [-0.15, -0.1) is 4.91 Å². The SMILES string of the molecule is CCOC(=O)C(C)c1ccc(N=O)cc1. The molecule has 0 saturated heterocycles. The first kappa shape index (κ1) is 11.4. The van der Waals surface area contributed by atoms with E-state index in [2.05, 4.69) is 5.18 Å². The van der Waals surface area contributed by atoms with Crippen LogP contribution in [0.15, 0.2) is 29.4 Å². The molecule has 0 aliphatic carbocycles. The maximum Gasteiger partial charge on any atom is 0.313 e. The zero-order valence-corrected chi connectivity index (χ0v) is 8.77. The van der Waals surface area contributed by atoms with Crippen molar-refractivity contribution in [1.29, 1.82) is 0 Å². The molecule has 80 valence electrons. The molecule has 0 radical (unpaired) electrons. The van der Waals surface area contributed by atoms with E-state index in [0.29, 0.717) is 12.3 Å². The van der Waals surface area contributed by atoms with E-state index >= 15 is 0 Å². The van der Waals surface area contributed by atoms with Gasteiger partial charge in [0, 0.05) is 0 Å². The summed E-state index contributed by atoms with van der Waals surface area (Å²) in [5.74, 6) is -0.574. The third-order valence-corrected chi connectivity index (χ3v) is 2.14. The number of benzene rings is 1. The molecule has 1 aromatic carbocycles. The van der Waals surface area contributed by atoms with Crippen LogP contribution >= 0.6 is 0 Å². The van der Waals surface area contributed by atoms with Crippen molar-refractivity contribution in [3.05, 3.63) is 34.7 Å². The molecule has 0 saturated carbocycles. The van der Waals surface area contributed by atoms with Gasteiger partial charge in [0.05, 0.1) is 12.5 Å². The van der Waals surface area contributed by atoms with Crippen molar-refractivity contribution >= 4 is 11.7 Å². The highest BCUT2D eigenvalue weighted by molar-refractivity contribution is 5.77. The minimum Gasteiger partial charge on any atom is -0.466 e. The van der Waals surface area contributed by atoms with Crippen molar-refractivity contribution in [3.8, 4) is 0 Å². The Hall–Kier alpha value is -1.71. The highest BCUT2D eigenvalue weighted by Crippen LogP contribution is 2.20. The molecule has 4 nitrogen and oxygen atoms in total. The Morgan fingerprint density at radius 3 is 2.47 bits per heavy atom. The van der Waals surface area contributed by atoms with Crippen LogP contribution < -0.4 is 0 Å². The number of carbonyl (C=O) groups excluding carboxylic acids is 1. The lowest BCUT2D eigenvalue weighted by molar-refractivity contribution is -0.144. The van der Waals surface area contributed by atoms with Crippen LogP contribution in [-0.2, 0) is 9.53 Å². The number of hydrogen-bond donors (Lipinski definition) is 0. The maximum atomic E-state index is 11.4. The summed E-state index contributed by atoms with van der Waals surface area (Å²) in [5.41, 5.74) is 1.18. The first-order chi connectivity index (χ1) is 7.19. The molecular weight excluding hydrogens is 194 g/mol. The van der Waals surface area contributed by atoms with E-state index in [9.17, 15) is 9.70 Å². The monoisotopic (exact) mass is 207 g/mol. The van der Waals surface area contributed by atoms with Gasteiger partial charge in [0.25, 0.3) is 0 Å². The van der Waals surface area contributed by atoms with Gasteiger partial charge in [-0.05, 0) is 36.7 Å². The first-order valence-electron chi connectivity index (χ1n) is 4.79. The number of ether oxygens (including phenoxy) is 1. The van der Waals surface area contributed by atoms with Crippen molar-refractivity contribution in [2.75, 3.05) is 6.61 Å². The van der Waals surface area contributed by atoms with Gasteiger partial charge in [-0.25, -0.2) is 0 Å². The lowest BCUT2D eigenvalue weighted by Gasteiger charge is -2.10. The molecule has 0 fully saturated rings. The second-order valence-electron chi connectivity index (χ2n) is 3.16. The zero-order valence-electron chi connectivity index (χ0n) is 8.77. The van der Waals surface area contributed by atoms with Crippen LogP contribution in [0.3, 0.4) is 0 Å². The third kappa shape index (κ3) is 2.87. The van der Waals surface area contributed by atoms with Crippen molar-refractivity contribution in [2.24, 2.45) is 5.18 Å². The van der Waals surface area contributed by atoms with Gasteiger partial charge in [0.1, 0.15) is 5.69 Å². The molecule has 0 aliphatic rings. The molecular formula is C11H13NO3. The standard InChI is InChI=1S/C11H13NO3/c1-3-15-11(13)8(2)9-4-6-10(12-14)7-5-9/h4-8H,3H2,1-2H3. The highest BCUT2D eigenvalue weighted by atomic mass is 16.5. The van der Waals surface area contributed by atoms with Crippen LogP contribution in [0.25, 0.3) is 0 Å². The van der Waals surface area contributed by atoms with Crippen LogP contribution in [0.4, 0.5) is 5.69 Å². The molecule has 0 aromatic heterocycles. The summed E-state index contributed by atoms with van der Waals surface area (Å²) in [7, 11) is 0. The topological polar surface area (TPSA) is 55.7 Å². The van der Waals surface area contributed by atoms with Gasteiger partial charge in [0.15, 0.2) is 0 Å². The van der Waals surface area contributed by atoms with E-state index in [-0.39, 0.29) is 11.9 Å². The number of nitrogens with zero attached hydrogens (tertiary/aromatic N) is 1. The molecule has 0 spiro atoms. The fourth-order valence-electron chi connectivity index (χ4n) is 1.23. The lowest BCUT2D eigenvalue weighted by atomic mass is 10.0. The molecule has 4 heteroatoms. The molecule has 1 unspecified atom stereocenters. The van der Waals surface area contributed by atoms with Gasteiger partial charge in [-0.1, -0.05) is 12.1 Å². The average molecular weight is 207 g/mol. The second kappa shape index (κ2) is 5.24. The minimum atomic E-state index is -0.314. The fourth-order valence-corrected chi connectivity index (χ4v) is 1.23. The second-order valence-corrected chi connectivity index (χ2v) is 3.16. The number of hydrogen-bond acceptors (Lipinski definition) is 4. The summed E-state index contributed by atoms with van der Waals surface area (Å²) in [5, 5.41) is 2.79. The van der Waals surface area contributed by atoms with Crippen LogP contribution in [0.5, 0.6) is 0 Å². The quantitative estimate of drug-likeness (QED) is 0.563. The lowest BCUT2D eigenvalue weighted by Crippen LogP contribution is -2.12. The van der Waals surface area contributed by atoms with E-state index in [1.165, 1.54) is 0 Å². The Bertz CT molecular complexity index is 345. The smallest absolute Gasteiger partial charge is 0.313 e. The predicted octanol–water partition coefficient (Wildman–Crippen LogP) is 2.75. The summed E-state index contributed by atoms with van der Waals surface area (Å²) < 4.78 is 4.89. The summed E-state index contributed by atoms with van der Waals surface area (Å²) in [6.07, 6.45) is 0. The summed E-state index contributed by atoms with van der Waals surface area (Å²) >= 11 is 0. The third-order valence-electron chi connectivity index (χ3n) is 2.14. The number of nitroso groups, excluding NO2 is 1. The highest BCUT2D eigenvalue weighted by Gasteiger charge is 2.15. The Morgan fingerprint density at radius 1 is 1.40 bits per heavy atom. The number of esters is 1. The summed E-state index contributed by atoms with van der Waals surface area (Å²) in [4.78, 5) is 21.6. The molecule has 1 atom stereocenters. The van der Waals surface area contributed by atoms with Gasteiger partial charge in [0.2, 0.25) is 0 Å². The first-order valence-corrected chi connectivity index (χ1v) is 4.79. The Balaban J connectivity index is 2.77. The van der Waals surface area contributed by atoms with E-state index in [0.717, 1.165) is 5.56 Å². The maximum absolute atomic E-state index is 11.4. The Kier molecular flexibility index (Phi) is 3.97. The van der Waals surface area contributed by atoms with Crippen LogP contribution in [0.1, 0.15) is 25.3 Å². The molecule has 15 heavy (non-hydrogen) atoms. The van der Waals surface area contributed by atoms with Crippen LogP contribution in [0, 0.1) is 4.91 Å². The van der Waals surface area contributed by atoms with Gasteiger partial charge >= 0.3 is 5.97 Å². The molecule has 0 amide bonds. The average Bonchev–Trinajstić information content (AvgIpc) is 2.28. The van der Waals surface area contributed by atoms with Gasteiger partial charge < -0.3 is 4.74 Å². The molecule has 1 aromatic rings. The van der Waals surface area contributed by atoms with Crippen molar-refractivity contribution in [1.82, 2.24) is 0 Å². The largest absolute Gasteiger partial charge is 0.466 e. The summed E-state index contributed by atoms with van der Waals surface area (Å²) in [6.45, 7) is 3.91. The molecule has 1 rings (SSSR count). The van der Waals surface area contributed by atoms with E-state index in [4.69, 9.17) is 4.74 Å². The fraction of sp³-hybridized carbons (Fsp3) is 0.364. The normalized spacial score (nSPS) is 11.9. The summed E-state index contributed by atoms with van der Waals surface area (Å²) in [6, 6.07) is 6.58. The van der Waals surface area contributed by atoms with Crippen LogP contribution in [0.2, 0.25) is 0 Å². The van der Waals surface area contributed by atoms with Crippen molar-refractivity contribution < 1.29 is 9.53 Å². The molecule has 0 bridgehead atoms. The van der Waals surface area contributed by atoms with Crippen molar-refractivity contribution in [2.45, 2.75) is 19.8 Å². The van der Waals surface area contributed by atoms with E-state index in [1.807, 2.05) is 0 Å². The molecule has 0 N–H and O–H groups in total. The molecule has 0 aliphatic heterocycles. The van der Waals surface area contributed by atoms with E-state index < -0.39 is 0 Å². The van der Waals surface area contributed by atoms with Crippen LogP contribution in [-0.4, -0.2) is 12.6 Å². The number of carbonyl (C=O) groups is 1. The van der Waals surface area contributed by atoms with Gasteiger partial charge in [-0.2, -0.15) is 0 Å². The van der Waals surface area contributed by atoms with Crippen molar-refractivity contribution in [3.63, 3.8) is 0 Å². The zero-order chi connectivity index (χ0) is 11.3. The molecule has 0 heterocycles. The predicted molar refractivity (Wildman–Crippen MR) is 56.9 cm³/mol.